The van der Waals surface area contributed by atoms with Crippen LogP contribution in [0.1, 0.15) is 16.7 Å². The van der Waals surface area contributed by atoms with Gasteiger partial charge in [-0.25, -0.2) is 4.68 Å². The van der Waals surface area contributed by atoms with Crippen LogP contribution in [0, 0.1) is 6.92 Å². The second-order valence-corrected chi connectivity index (χ2v) is 6.43. The first-order valence-electron chi connectivity index (χ1n) is 7.79. The minimum absolute atomic E-state index is 0.487. The third-order valence-corrected chi connectivity index (χ3v) is 4.46. The molecule has 0 radical (unpaired) electrons. The lowest BCUT2D eigenvalue weighted by atomic mass is 10.1. The number of aromatic nitrogens is 3. The van der Waals surface area contributed by atoms with Crippen molar-refractivity contribution in [3.8, 4) is 11.5 Å². The van der Waals surface area contributed by atoms with Crippen molar-refractivity contribution in [2.45, 2.75) is 20.1 Å². The van der Waals surface area contributed by atoms with Crippen molar-refractivity contribution >= 4 is 15.9 Å². The lowest BCUT2D eigenvalue weighted by Crippen LogP contribution is -2.12. The van der Waals surface area contributed by atoms with Gasteiger partial charge >= 0.3 is 0 Å². The van der Waals surface area contributed by atoms with Crippen LogP contribution in [0.25, 0.3) is 0 Å². The van der Waals surface area contributed by atoms with E-state index < -0.39 is 0 Å². The van der Waals surface area contributed by atoms with Crippen LogP contribution in [0.4, 0.5) is 0 Å². The molecular formula is C18H19BrN4O2. The van der Waals surface area contributed by atoms with Crippen LogP contribution in [0.15, 0.2) is 53.5 Å². The van der Waals surface area contributed by atoms with E-state index in [1.165, 1.54) is 5.56 Å². The number of benzene rings is 2. The fourth-order valence-electron chi connectivity index (χ4n) is 2.29. The van der Waals surface area contributed by atoms with Crippen molar-refractivity contribution in [2.75, 3.05) is 12.5 Å². The van der Waals surface area contributed by atoms with E-state index in [-0.39, 0.29) is 0 Å². The van der Waals surface area contributed by atoms with Gasteiger partial charge in [0.15, 0.2) is 11.5 Å². The Morgan fingerprint density at radius 1 is 1.08 bits per heavy atom. The predicted molar refractivity (Wildman–Crippen MR) is 99.3 cm³/mol. The highest BCUT2D eigenvalue weighted by atomic mass is 79.9. The topological polar surface area (TPSA) is 61.2 Å². The normalized spacial score (nSPS) is 10.5. The standard InChI is InChI=1S/C18H19BrN4O2/c1-13-3-5-14(6-4-13)10-25-18-8-16(19)15(7-17(18)24-2)9-22-23-11-20-21-12-23/h3-8,11-12,22H,9-10H2,1-2H3. The number of hydrogen-bond donors (Lipinski definition) is 1. The number of rotatable bonds is 7. The molecular weight excluding hydrogens is 384 g/mol. The lowest BCUT2D eigenvalue weighted by Gasteiger charge is -2.15. The minimum atomic E-state index is 0.487. The van der Waals surface area contributed by atoms with Crippen molar-refractivity contribution in [1.29, 1.82) is 0 Å². The molecule has 3 rings (SSSR count). The number of methoxy groups -OCH3 is 1. The summed E-state index contributed by atoms with van der Waals surface area (Å²) in [6.07, 6.45) is 3.20. The van der Waals surface area contributed by atoms with E-state index in [2.05, 4.69) is 62.7 Å². The molecule has 0 amide bonds. The summed E-state index contributed by atoms with van der Waals surface area (Å²) in [4.78, 5) is 0. The average Bonchev–Trinajstić information content (AvgIpc) is 3.14. The first kappa shape index (κ1) is 17.3. The zero-order valence-corrected chi connectivity index (χ0v) is 15.7. The third kappa shape index (κ3) is 4.51. The fourth-order valence-corrected chi connectivity index (χ4v) is 2.75. The van der Waals surface area contributed by atoms with Crippen molar-refractivity contribution in [1.82, 2.24) is 14.9 Å². The molecule has 1 aromatic heterocycles. The molecule has 3 aromatic rings. The van der Waals surface area contributed by atoms with E-state index in [0.717, 1.165) is 15.6 Å². The average molecular weight is 403 g/mol. The lowest BCUT2D eigenvalue weighted by molar-refractivity contribution is 0.284. The Balaban J connectivity index is 1.71. The number of nitrogens with one attached hydrogen (secondary N) is 1. The molecule has 0 saturated carbocycles. The molecule has 7 heteroatoms. The van der Waals surface area contributed by atoms with E-state index in [0.29, 0.717) is 24.7 Å². The van der Waals surface area contributed by atoms with E-state index in [4.69, 9.17) is 9.47 Å². The molecule has 0 aliphatic rings. The van der Waals surface area contributed by atoms with Crippen LogP contribution in [-0.4, -0.2) is 22.0 Å². The monoisotopic (exact) mass is 402 g/mol. The van der Waals surface area contributed by atoms with E-state index in [1.54, 1.807) is 24.4 Å². The summed E-state index contributed by atoms with van der Waals surface area (Å²) in [7, 11) is 1.64. The molecule has 6 nitrogen and oxygen atoms in total. The zero-order chi connectivity index (χ0) is 17.6. The number of halogens is 1. The predicted octanol–water partition coefficient (Wildman–Crippen LogP) is 3.68. The van der Waals surface area contributed by atoms with Crippen LogP contribution in [0.5, 0.6) is 11.5 Å². The van der Waals surface area contributed by atoms with Gasteiger partial charge in [-0.2, -0.15) is 0 Å². The minimum Gasteiger partial charge on any atom is -0.493 e. The quantitative estimate of drug-likeness (QED) is 0.652. The summed E-state index contributed by atoms with van der Waals surface area (Å²) >= 11 is 3.59. The Morgan fingerprint density at radius 3 is 2.48 bits per heavy atom. The summed E-state index contributed by atoms with van der Waals surface area (Å²) in [5.74, 6) is 1.39. The van der Waals surface area contributed by atoms with Gasteiger partial charge in [0.1, 0.15) is 19.3 Å². The van der Waals surface area contributed by atoms with E-state index >= 15 is 0 Å². The Kier molecular flexibility index (Phi) is 5.55. The summed E-state index contributed by atoms with van der Waals surface area (Å²) < 4.78 is 14.1. The molecule has 0 unspecified atom stereocenters. The summed E-state index contributed by atoms with van der Waals surface area (Å²) in [5, 5.41) is 7.51. The van der Waals surface area contributed by atoms with Crippen LogP contribution in [0.2, 0.25) is 0 Å². The van der Waals surface area contributed by atoms with Gasteiger partial charge in [-0.05, 0) is 30.2 Å². The molecule has 130 valence electrons. The molecule has 0 saturated heterocycles. The molecule has 2 aromatic carbocycles. The maximum atomic E-state index is 5.94. The van der Waals surface area contributed by atoms with Gasteiger partial charge in [-0.15, -0.1) is 10.2 Å². The Morgan fingerprint density at radius 2 is 1.80 bits per heavy atom. The molecule has 0 atom stereocenters. The van der Waals surface area contributed by atoms with Gasteiger partial charge in [0, 0.05) is 4.47 Å². The van der Waals surface area contributed by atoms with Crippen LogP contribution >= 0.6 is 15.9 Å². The van der Waals surface area contributed by atoms with Gasteiger partial charge in [-0.3, -0.25) is 0 Å². The second-order valence-electron chi connectivity index (χ2n) is 5.57. The number of nitrogens with zero attached hydrogens (tertiary/aromatic N) is 3. The molecule has 0 bridgehead atoms. The summed E-state index contributed by atoms with van der Waals surface area (Å²) in [5.41, 5.74) is 6.56. The largest absolute Gasteiger partial charge is 0.493 e. The van der Waals surface area contributed by atoms with Gasteiger partial charge < -0.3 is 14.9 Å². The van der Waals surface area contributed by atoms with Gasteiger partial charge in [0.2, 0.25) is 0 Å². The van der Waals surface area contributed by atoms with E-state index in [9.17, 15) is 0 Å². The fraction of sp³-hybridized carbons (Fsp3) is 0.222. The first-order chi connectivity index (χ1) is 12.2. The van der Waals surface area contributed by atoms with Crippen LogP contribution < -0.4 is 14.9 Å². The maximum absolute atomic E-state index is 5.94. The van der Waals surface area contributed by atoms with Crippen molar-refractivity contribution in [3.63, 3.8) is 0 Å². The molecule has 0 spiro atoms. The maximum Gasteiger partial charge on any atom is 0.162 e. The Labute approximate surface area is 154 Å². The van der Waals surface area contributed by atoms with Gasteiger partial charge in [0.05, 0.1) is 13.7 Å². The van der Waals surface area contributed by atoms with Crippen LogP contribution in [0.3, 0.4) is 0 Å². The first-order valence-corrected chi connectivity index (χ1v) is 8.58. The number of aryl methyl sites for hydroxylation is 1. The summed E-state index contributed by atoms with van der Waals surface area (Å²) in [6.45, 7) is 3.14. The van der Waals surface area contributed by atoms with Crippen molar-refractivity contribution in [2.24, 2.45) is 0 Å². The molecule has 0 aliphatic carbocycles. The third-order valence-electron chi connectivity index (χ3n) is 3.72. The SMILES string of the molecule is COc1cc(CNn2cnnc2)c(Br)cc1OCc1ccc(C)cc1. The zero-order valence-electron chi connectivity index (χ0n) is 14.1. The molecule has 0 fully saturated rings. The molecule has 1 heterocycles. The Bertz CT molecular complexity index is 820. The highest BCUT2D eigenvalue weighted by Gasteiger charge is 2.11. The Hall–Kier alpha value is -2.54. The van der Waals surface area contributed by atoms with Gasteiger partial charge in [-0.1, -0.05) is 45.8 Å². The van der Waals surface area contributed by atoms with Crippen molar-refractivity contribution < 1.29 is 9.47 Å². The highest BCUT2D eigenvalue weighted by Crippen LogP contribution is 2.34. The number of ether oxygens (including phenoxy) is 2. The summed E-state index contributed by atoms with van der Waals surface area (Å²) in [6, 6.07) is 12.2. The highest BCUT2D eigenvalue weighted by molar-refractivity contribution is 9.10. The molecule has 1 N–H and O–H groups in total. The molecule has 25 heavy (non-hydrogen) atoms. The molecule has 0 aliphatic heterocycles. The van der Waals surface area contributed by atoms with Crippen molar-refractivity contribution in [3.05, 3.63) is 70.2 Å². The van der Waals surface area contributed by atoms with E-state index in [1.807, 2.05) is 12.1 Å². The number of hydrogen-bond acceptors (Lipinski definition) is 5. The van der Waals surface area contributed by atoms with Crippen LogP contribution in [-0.2, 0) is 13.2 Å². The second kappa shape index (κ2) is 8.02. The smallest absolute Gasteiger partial charge is 0.162 e. The van der Waals surface area contributed by atoms with Gasteiger partial charge in [0.25, 0.3) is 0 Å².